The molecule has 1 atom stereocenters. The Morgan fingerprint density at radius 1 is 0.964 bits per heavy atom. The van der Waals surface area contributed by atoms with Crippen LogP contribution < -0.4 is 10.6 Å². The van der Waals surface area contributed by atoms with Crippen LogP contribution in [-0.4, -0.2) is 24.0 Å². The number of para-hydroxylation sites is 1. The number of carbonyl (C=O) groups is 2. The molecule has 3 rings (SSSR count). The van der Waals surface area contributed by atoms with E-state index in [-0.39, 0.29) is 11.9 Å². The minimum absolute atomic E-state index is 0.0836. The molecule has 28 heavy (non-hydrogen) atoms. The van der Waals surface area contributed by atoms with Gasteiger partial charge in [0.2, 0.25) is 0 Å². The molecule has 1 amide bonds. The highest BCUT2D eigenvalue weighted by Crippen LogP contribution is 2.19. The molecule has 0 saturated heterocycles. The second kappa shape index (κ2) is 8.81. The van der Waals surface area contributed by atoms with E-state index < -0.39 is 5.97 Å². The summed E-state index contributed by atoms with van der Waals surface area (Å²) >= 11 is 0. The number of methoxy groups -OCH3 is 1. The largest absolute Gasteiger partial charge is 0.465 e. The molecule has 1 heterocycles. The molecule has 6 heteroatoms. The number of ether oxygens (including phenoxy) is 1. The molecule has 0 aliphatic heterocycles. The monoisotopic (exact) mass is 375 g/mol. The molecule has 0 bridgehead atoms. The van der Waals surface area contributed by atoms with Crippen molar-refractivity contribution in [2.45, 2.75) is 13.0 Å². The Kier molecular flexibility index (Phi) is 6.01. The normalized spacial score (nSPS) is 11.4. The van der Waals surface area contributed by atoms with Gasteiger partial charge in [0.1, 0.15) is 5.82 Å². The van der Waals surface area contributed by atoms with Gasteiger partial charge in [-0.15, -0.1) is 0 Å². The molecule has 2 N–H and O–H groups in total. The molecule has 2 aromatic carbocycles. The van der Waals surface area contributed by atoms with Crippen LogP contribution in [0.5, 0.6) is 0 Å². The Morgan fingerprint density at radius 2 is 1.68 bits per heavy atom. The van der Waals surface area contributed by atoms with Gasteiger partial charge < -0.3 is 15.4 Å². The van der Waals surface area contributed by atoms with Crippen LogP contribution in [0.4, 0.5) is 11.5 Å². The zero-order chi connectivity index (χ0) is 19.9. The highest BCUT2D eigenvalue weighted by atomic mass is 16.5. The quantitative estimate of drug-likeness (QED) is 0.628. The number of esters is 1. The number of aromatic nitrogens is 1. The number of anilines is 2. The number of benzene rings is 2. The second-order valence-electron chi connectivity index (χ2n) is 6.20. The molecule has 0 spiro atoms. The number of rotatable bonds is 6. The first-order valence-electron chi connectivity index (χ1n) is 8.84. The molecule has 1 unspecified atom stereocenters. The van der Waals surface area contributed by atoms with E-state index in [0.29, 0.717) is 22.6 Å². The Hall–Kier alpha value is -3.67. The van der Waals surface area contributed by atoms with Crippen molar-refractivity contribution in [3.05, 3.63) is 89.6 Å². The fraction of sp³-hybridized carbons (Fsp3) is 0.136. The maximum Gasteiger partial charge on any atom is 0.339 e. The van der Waals surface area contributed by atoms with Crippen molar-refractivity contribution in [1.82, 2.24) is 4.98 Å². The summed E-state index contributed by atoms with van der Waals surface area (Å²) in [5.74, 6) is -0.196. The predicted octanol–water partition coefficient (Wildman–Crippen LogP) is 4.29. The third-order valence-electron chi connectivity index (χ3n) is 4.27. The smallest absolute Gasteiger partial charge is 0.339 e. The summed E-state index contributed by atoms with van der Waals surface area (Å²) < 4.78 is 4.74. The maximum absolute atomic E-state index is 12.5. The number of amides is 1. The molecule has 0 radical (unpaired) electrons. The van der Waals surface area contributed by atoms with E-state index in [4.69, 9.17) is 4.74 Å². The van der Waals surface area contributed by atoms with E-state index in [1.807, 2.05) is 37.3 Å². The van der Waals surface area contributed by atoms with Crippen molar-refractivity contribution in [2.75, 3.05) is 17.7 Å². The lowest BCUT2D eigenvalue weighted by Gasteiger charge is -2.15. The third-order valence-corrected chi connectivity index (χ3v) is 4.27. The van der Waals surface area contributed by atoms with Gasteiger partial charge in [0.15, 0.2) is 0 Å². The minimum atomic E-state index is -0.511. The van der Waals surface area contributed by atoms with Crippen LogP contribution in [0.15, 0.2) is 72.9 Å². The van der Waals surface area contributed by atoms with Gasteiger partial charge in [0.05, 0.1) is 23.9 Å². The van der Waals surface area contributed by atoms with E-state index in [1.54, 1.807) is 36.4 Å². The Bertz CT molecular complexity index is 956. The summed E-state index contributed by atoms with van der Waals surface area (Å²) in [6.45, 7) is 2.04. The van der Waals surface area contributed by atoms with Crippen LogP contribution in [0.1, 0.15) is 39.2 Å². The van der Waals surface area contributed by atoms with E-state index in [0.717, 1.165) is 5.56 Å². The summed E-state index contributed by atoms with van der Waals surface area (Å²) in [6, 6.07) is 20.2. The molecular formula is C22H21N3O3. The average molecular weight is 375 g/mol. The molecule has 0 aliphatic rings. The maximum atomic E-state index is 12.5. The standard InChI is InChI=1S/C22H21N3O3/c1-15(16-8-4-3-5-9-16)24-20-13-12-17(14-23-20)21(26)25-19-11-7-6-10-18(19)22(27)28-2/h3-15H,1-2H3,(H,23,24)(H,25,26). The number of hydrogen-bond donors (Lipinski definition) is 2. The van der Waals surface area contributed by atoms with Gasteiger partial charge in [0.25, 0.3) is 5.91 Å². The van der Waals surface area contributed by atoms with Crippen molar-refractivity contribution >= 4 is 23.4 Å². The summed E-state index contributed by atoms with van der Waals surface area (Å²) in [5, 5.41) is 6.03. The van der Waals surface area contributed by atoms with Gasteiger partial charge in [-0.2, -0.15) is 0 Å². The minimum Gasteiger partial charge on any atom is -0.465 e. The highest BCUT2D eigenvalue weighted by Gasteiger charge is 2.14. The Balaban J connectivity index is 1.68. The molecule has 142 valence electrons. The SMILES string of the molecule is COC(=O)c1ccccc1NC(=O)c1ccc(NC(C)c2ccccc2)nc1. The van der Waals surface area contributed by atoms with Crippen molar-refractivity contribution < 1.29 is 14.3 Å². The first-order valence-corrected chi connectivity index (χ1v) is 8.84. The topological polar surface area (TPSA) is 80.3 Å². The van der Waals surface area contributed by atoms with Gasteiger partial charge in [-0.25, -0.2) is 9.78 Å². The Labute approximate surface area is 163 Å². The van der Waals surface area contributed by atoms with Crippen molar-refractivity contribution in [3.63, 3.8) is 0 Å². The van der Waals surface area contributed by atoms with Gasteiger partial charge in [-0.05, 0) is 36.8 Å². The van der Waals surface area contributed by atoms with Crippen molar-refractivity contribution in [1.29, 1.82) is 0 Å². The van der Waals surface area contributed by atoms with Crippen LogP contribution in [0.3, 0.4) is 0 Å². The van der Waals surface area contributed by atoms with Gasteiger partial charge in [-0.3, -0.25) is 4.79 Å². The molecule has 0 aliphatic carbocycles. The van der Waals surface area contributed by atoms with Gasteiger partial charge in [-0.1, -0.05) is 42.5 Å². The lowest BCUT2D eigenvalue weighted by Crippen LogP contribution is -2.16. The van der Waals surface area contributed by atoms with E-state index >= 15 is 0 Å². The van der Waals surface area contributed by atoms with Gasteiger partial charge >= 0.3 is 5.97 Å². The van der Waals surface area contributed by atoms with E-state index in [9.17, 15) is 9.59 Å². The summed E-state index contributed by atoms with van der Waals surface area (Å²) in [4.78, 5) is 28.6. The Morgan fingerprint density at radius 3 is 2.36 bits per heavy atom. The molecule has 6 nitrogen and oxygen atoms in total. The lowest BCUT2D eigenvalue weighted by molar-refractivity contribution is 0.0602. The summed E-state index contributed by atoms with van der Waals surface area (Å²) in [6.07, 6.45) is 1.50. The van der Waals surface area contributed by atoms with Crippen LogP contribution in [0.25, 0.3) is 0 Å². The van der Waals surface area contributed by atoms with E-state index in [2.05, 4.69) is 15.6 Å². The van der Waals surface area contributed by atoms with Crippen LogP contribution >= 0.6 is 0 Å². The molecule has 1 aromatic heterocycles. The predicted molar refractivity (Wildman–Crippen MR) is 108 cm³/mol. The molecule has 3 aromatic rings. The zero-order valence-corrected chi connectivity index (χ0v) is 15.7. The van der Waals surface area contributed by atoms with Crippen molar-refractivity contribution in [2.24, 2.45) is 0 Å². The first kappa shape index (κ1) is 19.1. The van der Waals surface area contributed by atoms with Crippen LogP contribution in [0, 0.1) is 0 Å². The number of carbonyl (C=O) groups excluding carboxylic acids is 2. The summed E-state index contributed by atoms with van der Waals surface area (Å²) in [7, 11) is 1.30. The van der Waals surface area contributed by atoms with Crippen molar-refractivity contribution in [3.8, 4) is 0 Å². The fourth-order valence-corrected chi connectivity index (χ4v) is 2.73. The number of nitrogens with one attached hydrogen (secondary N) is 2. The second-order valence-corrected chi connectivity index (χ2v) is 6.20. The number of nitrogens with zero attached hydrogens (tertiary/aromatic N) is 1. The number of pyridine rings is 1. The fourth-order valence-electron chi connectivity index (χ4n) is 2.73. The first-order chi connectivity index (χ1) is 13.6. The van der Waals surface area contributed by atoms with E-state index in [1.165, 1.54) is 13.3 Å². The van der Waals surface area contributed by atoms with Crippen LogP contribution in [0.2, 0.25) is 0 Å². The number of hydrogen-bond acceptors (Lipinski definition) is 5. The average Bonchev–Trinajstić information content (AvgIpc) is 2.74. The lowest BCUT2D eigenvalue weighted by atomic mass is 10.1. The highest BCUT2D eigenvalue weighted by molar-refractivity contribution is 6.07. The molecular weight excluding hydrogens is 354 g/mol. The van der Waals surface area contributed by atoms with Gasteiger partial charge in [0, 0.05) is 12.2 Å². The third kappa shape index (κ3) is 4.54. The zero-order valence-electron chi connectivity index (χ0n) is 15.7. The van der Waals surface area contributed by atoms with Crippen LogP contribution in [-0.2, 0) is 4.74 Å². The molecule has 0 saturated carbocycles. The molecule has 0 fully saturated rings. The summed E-state index contributed by atoms with van der Waals surface area (Å²) in [5.41, 5.74) is 2.21.